The van der Waals surface area contributed by atoms with Crippen LogP contribution in [0, 0.1) is 17.5 Å². The molecule has 0 fully saturated rings. The Labute approximate surface area is 596 Å². The van der Waals surface area contributed by atoms with Gasteiger partial charge in [0.1, 0.15) is 17.5 Å². The summed E-state index contributed by atoms with van der Waals surface area (Å²) in [5.74, 6) is -4.52. The minimum atomic E-state index is -0.765. The van der Waals surface area contributed by atoms with E-state index in [1.165, 1.54) is 97.6 Å². The van der Waals surface area contributed by atoms with E-state index in [0.717, 1.165) is 12.0 Å². The zero-order valence-corrected chi connectivity index (χ0v) is 57.1. The molecule has 14 aromatic rings. The van der Waals surface area contributed by atoms with Crippen LogP contribution < -0.4 is 56.9 Å². The number of allylic oxidation sites excluding steroid dienone is 2. The van der Waals surface area contributed by atoms with Crippen molar-refractivity contribution in [2.75, 3.05) is 0 Å². The van der Waals surface area contributed by atoms with Gasteiger partial charge in [-0.2, -0.15) is 0 Å². The Morgan fingerprint density at radius 3 is 1.01 bits per heavy atom. The summed E-state index contributed by atoms with van der Waals surface area (Å²) in [6, 6.07) is 50.8. The molecule has 5 heterocycles. The number of fused-ring (bicyclic) bond motifs is 5. The fourth-order valence-electron chi connectivity index (χ4n) is 9.40. The minimum absolute atomic E-state index is 0.160. The lowest BCUT2D eigenvalue weighted by molar-refractivity contribution is 0.424. The molecular weight excluding hydrogens is 1430 g/mol. The van der Waals surface area contributed by atoms with Gasteiger partial charge in [-0.1, -0.05) is 157 Å². The zero-order valence-electron chi connectivity index (χ0n) is 53.3. The van der Waals surface area contributed by atoms with Crippen LogP contribution in [0.15, 0.2) is 289 Å². The van der Waals surface area contributed by atoms with Crippen LogP contribution in [0.3, 0.4) is 0 Å². The van der Waals surface area contributed by atoms with E-state index in [0.29, 0.717) is 81.1 Å². The number of hydrogen-bond acceptors (Lipinski definition) is 15. The first-order chi connectivity index (χ1) is 48.7. The molecule has 0 aliphatic heterocycles. The van der Waals surface area contributed by atoms with E-state index < -0.39 is 56.9 Å². The smallest absolute Gasteiger partial charge is 0.372 e. The number of aryl methyl sites for hydroxylation is 2. The Hall–Kier alpha value is -11.6. The molecule has 0 aliphatic rings. The van der Waals surface area contributed by atoms with Gasteiger partial charge in [0.2, 0.25) is 0 Å². The molecule has 9 aromatic carbocycles. The highest BCUT2D eigenvalue weighted by atomic mass is 35.5. The number of H-pyrrole nitrogens is 1. The van der Waals surface area contributed by atoms with Crippen LogP contribution in [0.4, 0.5) is 13.2 Å². The Morgan fingerprint density at radius 2 is 0.657 bits per heavy atom. The van der Waals surface area contributed by atoms with Crippen LogP contribution in [0.1, 0.15) is 29.2 Å². The van der Waals surface area contributed by atoms with Gasteiger partial charge in [-0.05, 0) is 156 Å². The van der Waals surface area contributed by atoms with Crippen molar-refractivity contribution >= 4 is 113 Å². The Balaban J connectivity index is 0.000000156. The second-order valence-corrected chi connectivity index (χ2v) is 23.4. The topological polar surface area (TPSA) is 272 Å². The summed E-state index contributed by atoms with van der Waals surface area (Å²) in [5.41, 5.74) is 2.36. The highest BCUT2D eigenvalue weighted by Crippen LogP contribution is 2.21. The zero-order chi connectivity index (χ0) is 73.9. The number of rotatable bonds is 8. The second-order valence-electron chi connectivity index (χ2n) is 21.3. The molecule has 0 aliphatic carbocycles. The predicted octanol–water partition coefficient (Wildman–Crippen LogP) is 14.3. The number of nitrogens with one attached hydrogen (secondary N) is 1. The van der Waals surface area contributed by atoms with E-state index in [1.54, 1.807) is 109 Å². The first-order valence-electron chi connectivity index (χ1n) is 29.9. The molecule has 0 radical (unpaired) electrons. The van der Waals surface area contributed by atoms with Gasteiger partial charge in [-0.3, -0.25) is 23.3 Å². The summed E-state index contributed by atoms with van der Waals surface area (Å²) in [4.78, 5) is 117. The van der Waals surface area contributed by atoms with Crippen molar-refractivity contribution in [2.45, 2.75) is 33.0 Å². The van der Waals surface area contributed by atoms with Gasteiger partial charge < -0.3 is 22.1 Å². The van der Waals surface area contributed by atoms with Gasteiger partial charge in [0.05, 0.1) is 74.1 Å². The molecule has 102 heavy (non-hydrogen) atoms. The van der Waals surface area contributed by atoms with E-state index in [1.807, 2.05) is 37.3 Å². The molecule has 0 saturated heterocycles. The molecule has 14 rings (SSSR count). The normalized spacial score (nSPS) is 10.5. The molecule has 0 saturated carbocycles. The lowest BCUT2D eigenvalue weighted by atomic mass is 10.2. The monoisotopic (exact) mass is 1480 g/mol. The van der Waals surface area contributed by atoms with Crippen LogP contribution in [0.2, 0.25) is 25.1 Å². The fraction of sp³-hybridized carbons (Fsp3) is 0.0811. The molecule has 0 amide bonds. The van der Waals surface area contributed by atoms with E-state index in [2.05, 4.69) is 27.0 Å². The van der Waals surface area contributed by atoms with Crippen LogP contribution >= 0.6 is 58.0 Å². The molecule has 0 atom stereocenters. The largest absolute Gasteiger partial charge is 0.422 e. The van der Waals surface area contributed by atoms with Crippen molar-refractivity contribution in [3.8, 4) is 0 Å². The predicted molar refractivity (Wildman–Crippen MR) is 389 cm³/mol. The maximum atomic E-state index is 12.9. The third-order valence-electron chi connectivity index (χ3n) is 14.4. The highest BCUT2D eigenvalue weighted by Gasteiger charge is 2.15. The third-order valence-corrected chi connectivity index (χ3v) is 15.6. The molecule has 520 valence electrons. The minimum Gasteiger partial charge on any atom is -0.372 e. The summed E-state index contributed by atoms with van der Waals surface area (Å²) in [6.07, 6.45) is 4.25. The Kier molecular flexibility index (Phi) is 26.5. The number of halogens is 8. The number of aromatic amines is 1. The van der Waals surface area contributed by atoms with Crippen molar-refractivity contribution in [3.05, 3.63) is 389 Å². The van der Waals surface area contributed by atoms with Crippen molar-refractivity contribution in [2.24, 2.45) is 7.05 Å². The summed E-state index contributed by atoms with van der Waals surface area (Å²) >= 11 is 28.9. The first-order valence-corrected chi connectivity index (χ1v) is 31.8. The second kappa shape index (κ2) is 35.4. The van der Waals surface area contributed by atoms with E-state index in [-0.39, 0.29) is 46.7 Å². The lowest BCUT2D eigenvalue weighted by Gasteiger charge is -2.08. The Morgan fingerprint density at radius 1 is 0.363 bits per heavy atom. The molecule has 0 unspecified atom stereocenters. The first kappa shape index (κ1) is 76.2. The van der Waals surface area contributed by atoms with Crippen molar-refractivity contribution in [1.82, 2.24) is 23.3 Å². The summed E-state index contributed by atoms with van der Waals surface area (Å²) in [7, 11) is 1.53. The van der Waals surface area contributed by atoms with Crippen molar-refractivity contribution in [1.29, 1.82) is 0 Å². The Bertz CT molecular complexity index is 5870. The molecule has 28 heteroatoms. The fourth-order valence-corrected chi connectivity index (χ4v) is 10.3. The molecule has 0 spiro atoms. The quantitative estimate of drug-likeness (QED) is 0.139. The molecule has 0 bridgehead atoms. The molecule has 20 nitrogen and oxygen atoms in total. The third kappa shape index (κ3) is 20.3. The number of aromatic nitrogens is 5. The summed E-state index contributed by atoms with van der Waals surface area (Å²) in [5, 5.41) is 3.36. The average Bonchev–Trinajstić information content (AvgIpc) is 0.808. The molecule has 5 aromatic heterocycles. The van der Waals surface area contributed by atoms with Gasteiger partial charge in [0.25, 0.3) is 0 Å². The van der Waals surface area contributed by atoms with Gasteiger partial charge in [0.15, 0.2) is 0 Å². The van der Waals surface area contributed by atoms with E-state index in [4.69, 9.17) is 71.3 Å². The maximum absolute atomic E-state index is 12.9. The van der Waals surface area contributed by atoms with Crippen LogP contribution in [-0.2, 0) is 33.1 Å². The summed E-state index contributed by atoms with van der Waals surface area (Å²) < 4.78 is 66.2. The molecule has 1 N–H and O–H groups in total. The van der Waals surface area contributed by atoms with Crippen LogP contribution in [-0.4, -0.2) is 23.3 Å². The SMILES string of the molecule is C=CC=C.CCc1ccc(F)cc1.Cn1c(=O)oc(=O)c2cc(Cl)ccc21.O=c1[nH]c2ccc(Cl)cc2c(=O)o1.O=c1oc(=O)n(Cc2ccc(F)cc2)c2ccc(Cl)cc12.O=c1oc(=O)n(Cc2ccc(F)cc2)c2ccc(Cl)cc12.O=c1oc(=O)n(Cc2ccccc2)c2ccc(Cl)cc12. The standard InChI is InChI=1S/2C15H9ClFNO3.C15H10ClNO3.C9H6ClNO3.C8H4ClNO3.C8H9F.C4H6/c2*16-10-3-6-13-12(7-10)14(19)21-15(20)18(13)8-9-1-4-11(17)5-2-9;16-11-6-7-13-12(8-11)14(18)20-15(19)17(13)9-10-4-2-1-3-5-10;1-11-7-3-2-5(10)4-6(7)8(12)14-9(11)13;9-4-1-2-6-5(3-4)7(11)13-8(12)10-6;1-2-7-3-5-8(9)6-4-7;1-3-4-2/h2*1-7H,8H2;1-8H,9H2;2-4H,1H3;1-3H,(H,10,12);3-6H,2H2,1H3;3-4H,1-2H2. The highest BCUT2D eigenvalue weighted by molar-refractivity contribution is 6.32. The number of nitrogens with zero attached hydrogens (tertiary/aromatic N) is 4. The van der Waals surface area contributed by atoms with Gasteiger partial charge in [0, 0.05) is 32.2 Å². The van der Waals surface area contributed by atoms with E-state index in [9.17, 15) is 61.1 Å². The van der Waals surface area contributed by atoms with Crippen LogP contribution in [0.5, 0.6) is 0 Å². The van der Waals surface area contributed by atoms with Crippen molar-refractivity contribution in [3.63, 3.8) is 0 Å². The van der Waals surface area contributed by atoms with Gasteiger partial charge in [-0.15, -0.1) is 0 Å². The summed E-state index contributed by atoms with van der Waals surface area (Å²) in [6.45, 7) is 9.44. The van der Waals surface area contributed by atoms with E-state index >= 15 is 0 Å². The van der Waals surface area contributed by atoms with Crippen LogP contribution in [0.25, 0.3) is 54.5 Å². The molecular formula is C74H53Cl5F3N5O15. The lowest BCUT2D eigenvalue weighted by Crippen LogP contribution is -2.25. The van der Waals surface area contributed by atoms with Gasteiger partial charge >= 0.3 is 56.9 Å². The number of benzene rings is 9. The number of hydrogen-bond donors (Lipinski definition) is 1. The average molecular weight is 1490 g/mol. The van der Waals surface area contributed by atoms with Crippen molar-refractivity contribution < 1.29 is 35.3 Å². The maximum Gasteiger partial charge on any atom is 0.422 e. The van der Waals surface area contributed by atoms with Gasteiger partial charge in [-0.25, -0.2) is 61.1 Å².